The zero-order valence-electron chi connectivity index (χ0n) is 7.20. The Morgan fingerprint density at radius 3 is 2.85 bits per heavy atom. The van der Waals surface area contributed by atoms with Crippen LogP contribution in [0.15, 0.2) is 0 Å². The SMILES string of the molecule is COC(=O)C1(SC#N)CCCC1=O. The van der Waals surface area contributed by atoms with E-state index in [0.29, 0.717) is 31.0 Å². The summed E-state index contributed by atoms with van der Waals surface area (Å²) in [5.41, 5.74) is 0. The van der Waals surface area contributed by atoms with Crippen LogP contribution in [0.3, 0.4) is 0 Å². The molecule has 0 aliphatic heterocycles. The van der Waals surface area contributed by atoms with Gasteiger partial charge in [-0.25, -0.2) is 0 Å². The highest BCUT2D eigenvalue weighted by atomic mass is 32.2. The maximum Gasteiger partial charge on any atom is 0.330 e. The van der Waals surface area contributed by atoms with Gasteiger partial charge in [-0.2, -0.15) is 5.26 Å². The third-order valence-corrected chi connectivity index (χ3v) is 3.16. The number of hydrogen-bond acceptors (Lipinski definition) is 5. The number of hydrogen-bond donors (Lipinski definition) is 0. The highest BCUT2D eigenvalue weighted by Crippen LogP contribution is 2.39. The minimum Gasteiger partial charge on any atom is -0.468 e. The lowest BCUT2D eigenvalue weighted by Crippen LogP contribution is -2.39. The second-order valence-electron chi connectivity index (χ2n) is 2.79. The first kappa shape index (κ1) is 10.1. The van der Waals surface area contributed by atoms with E-state index in [4.69, 9.17) is 5.26 Å². The zero-order chi connectivity index (χ0) is 9.90. The van der Waals surface area contributed by atoms with Crippen LogP contribution in [0.1, 0.15) is 19.3 Å². The lowest BCUT2D eigenvalue weighted by molar-refractivity contribution is -0.146. The van der Waals surface area contributed by atoms with Gasteiger partial charge in [-0.15, -0.1) is 0 Å². The molecular formula is C8H9NO3S. The van der Waals surface area contributed by atoms with Crippen molar-refractivity contribution in [1.29, 1.82) is 5.26 Å². The number of nitrogens with zero attached hydrogens (tertiary/aromatic N) is 1. The Balaban J connectivity index is 2.94. The van der Waals surface area contributed by atoms with Crippen LogP contribution in [0.5, 0.6) is 0 Å². The van der Waals surface area contributed by atoms with Gasteiger partial charge in [0, 0.05) is 6.42 Å². The quantitative estimate of drug-likeness (QED) is 0.375. The molecule has 1 unspecified atom stereocenters. The fraction of sp³-hybridized carbons (Fsp3) is 0.625. The van der Waals surface area contributed by atoms with E-state index in [-0.39, 0.29) is 5.78 Å². The molecule has 0 heterocycles. The summed E-state index contributed by atoms with van der Waals surface area (Å²) >= 11 is 0.709. The maximum atomic E-state index is 11.4. The summed E-state index contributed by atoms with van der Waals surface area (Å²) < 4.78 is 3.30. The van der Waals surface area contributed by atoms with Gasteiger partial charge in [0.1, 0.15) is 5.40 Å². The van der Waals surface area contributed by atoms with Gasteiger partial charge in [0.25, 0.3) is 0 Å². The van der Waals surface area contributed by atoms with Gasteiger partial charge in [-0.05, 0) is 24.6 Å². The number of nitriles is 1. The Kier molecular flexibility index (Phi) is 2.94. The number of thioether (sulfide) groups is 1. The predicted molar refractivity (Wildman–Crippen MR) is 46.8 cm³/mol. The molecule has 0 radical (unpaired) electrons. The molecule has 1 aliphatic rings. The first-order valence-electron chi connectivity index (χ1n) is 3.86. The Morgan fingerprint density at radius 2 is 2.46 bits per heavy atom. The van der Waals surface area contributed by atoms with Gasteiger partial charge < -0.3 is 4.74 Å². The Labute approximate surface area is 80.2 Å². The van der Waals surface area contributed by atoms with Gasteiger partial charge in [-0.1, -0.05) is 0 Å². The van der Waals surface area contributed by atoms with Gasteiger partial charge >= 0.3 is 5.97 Å². The molecule has 1 atom stereocenters. The van der Waals surface area contributed by atoms with E-state index in [0.717, 1.165) is 0 Å². The summed E-state index contributed by atoms with van der Waals surface area (Å²) in [6, 6.07) is 0. The third-order valence-electron chi connectivity index (χ3n) is 2.12. The van der Waals surface area contributed by atoms with Gasteiger partial charge in [0.05, 0.1) is 7.11 Å². The molecule has 0 spiro atoms. The summed E-state index contributed by atoms with van der Waals surface area (Å²) in [4.78, 5) is 22.7. The van der Waals surface area contributed by atoms with Gasteiger partial charge in [0.2, 0.25) is 0 Å². The van der Waals surface area contributed by atoms with Crippen LogP contribution in [0.25, 0.3) is 0 Å². The van der Waals surface area contributed by atoms with E-state index in [2.05, 4.69) is 4.74 Å². The second-order valence-corrected chi connectivity index (χ2v) is 3.87. The van der Waals surface area contributed by atoms with E-state index in [1.54, 1.807) is 5.40 Å². The maximum absolute atomic E-state index is 11.4. The van der Waals surface area contributed by atoms with Gasteiger partial charge in [-0.3, -0.25) is 9.59 Å². The van der Waals surface area contributed by atoms with Crippen molar-refractivity contribution in [3.63, 3.8) is 0 Å². The molecule has 0 aromatic carbocycles. The molecule has 0 aromatic rings. The van der Waals surface area contributed by atoms with Crippen molar-refractivity contribution in [3.8, 4) is 5.40 Å². The average molecular weight is 199 g/mol. The van der Waals surface area contributed by atoms with Crippen molar-refractivity contribution in [1.82, 2.24) is 0 Å². The summed E-state index contributed by atoms with van der Waals surface area (Å²) in [5, 5.41) is 10.3. The molecule has 0 saturated heterocycles. The largest absolute Gasteiger partial charge is 0.468 e. The molecule has 0 bridgehead atoms. The molecule has 70 valence electrons. The van der Waals surface area contributed by atoms with Crippen molar-refractivity contribution in [2.75, 3.05) is 7.11 Å². The number of rotatable bonds is 2. The van der Waals surface area contributed by atoms with Crippen LogP contribution in [-0.2, 0) is 14.3 Å². The molecule has 13 heavy (non-hydrogen) atoms. The summed E-state index contributed by atoms with van der Waals surface area (Å²) in [7, 11) is 1.23. The van der Waals surface area contributed by atoms with Crippen molar-refractivity contribution in [3.05, 3.63) is 0 Å². The number of methoxy groups -OCH3 is 1. The topological polar surface area (TPSA) is 67.2 Å². The molecule has 0 N–H and O–H groups in total. The van der Waals surface area contributed by atoms with E-state index >= 15 is 0 Å². The average Bonchev–Trinajstić information content (AvgIpc) is 2.48. The number of Topliss-reactive ketones (excluding diaryl/α,β-unsaturated/α-hetero) is 1. The van der Waals surface area contributed by atoms with Crippen LogP contribution >= 0.6 is 11.8 Å². The molecule has 4 nitrogen and oxygen atoms in total. The molecule has 1 aliphatic carbocycles. The molecule has 1 saturated carbocycles. The smallest absolute Gasteiger partial charge is 0.330 e. The fourth-order valence-corrected chi connectivity index (χ4v) is 2.23. The van der Waals surface area contributed by atoms with Crippen molar-refractivity contribution in [2.24, 2.45) is 0 Å². The molecule has 5 heteroatoms. The van der Waals surface area contributed by atoms with Crippen LogP contribution < -0.4 is 0 Å². The molecule has 0 aromatic heterocycles. The third kappa shape index (κ3) is 1.54. The lowest BCUT2D eigenvalue weighted by atomic mass is 10.1. The molecule has 0 amide bonds. The normalized spacial score (nSPS) is 26.9. The minimum absolute atomic E-state index is 0.189. The predicted octanol–water partition coefficient (Wildman–Crippen LogP) is 0.865. The molecular weight excluding hydrogens is 190 g/mol. The number of ketones is 1. The summed E-state index contributed by atoms with van der Waals surface area (Å²) in [5.74, 6) is -0.785. The van der Waals surface area contributed by atoms with E-state index in [1.165, 1.54) is 7.11 Å². The standard InChI is InChI=1S/C8H9NO3S/c1-12-7(11)8(13-5-9)4-2-3-6(8)10/h2-4H2,1H3. The molecule has 1 fully saturated rings. The lowest BCUT2D eigenvalue weighted by Gasteiger charge is -2.18. The number of thiocyanates is 1. The van der Waals surface area contributed by atoms with Crippen molar-refractivity contribution in [2.45, 2.75) is 24.0 Å². The van der Waals surface area contributed by atoms with Gasteiger partial charge in [0.15, 0.2) is 10.5 Å². The number of esters is 1. The van der Waals surface area contributed by atoms with E-state index in [9.17, 15) is 9.59 Å². The Bertz CT molecular complexity index is 284. The number of ether oxygens (including phenoxy) is 1. The van der Waals surface area contributed by atoms with Crippen molar-refractivity contribution >= 4 is 23.5 Å². The van der Waals surface area contributed by atoms with Crippen molar-refractivity contribution < 1.29 is 14.3 Å². The summed E-state index contributed by atoms with van der Waals surface area (Å²) in [6.07, 6.45) is 1.43. The number of carbonyl (C=O) groups is 2. The van der Waals surface area contributed by atoms with Crippen LogP contribution in [0.4, 0.5) is 0 Å². The van der Waals surface area contributed by atoms with Crippen LogP contribution in [-0.4, -0.2) is 23.6 Å². The second kappa shape index (κ2) is 3.79. The first-order valence-corrected chi connectivity index (χ1v) is 4.68. The highest BCUT2D eigenvalue weighted by Gasteiger charge is 2.50. The highest BCUT2D eigenvalue weighted by molar-refractivity contribution is 8.06. The monoisotopic (exact) mass is 199 g/mol. The molecule has 1 rings (SSSR count). The van der Waals surface area contributed by atoms with Crippen LogP contribution in [0, 0.1) is 10.7 Å². The van der Waals surface area contributed by atoms with E-state index in [1.807, 2.05) is 0 Å². The Hall–Kier alpha value is -1.02. The minimum atomic E-state index is -1.23. The zero-order valence-corrected chi connectivity index (χ0v) is 8.02. The van der Waals surface area contributed by atoms with E-state index < -0.39 is 10.7 Å². The Morgan fingerprint density at radius 1 is 1.77 bits per heavy atom. The number of carbonyl (C=O) groups excluding carboxylic acids is 2. The fourth-order valence-electron chi connectivity index (χ4n) is 1.45. The summed E-state index contributed by atoms with van der Waals surface area (Å²) in [6.45, 7) is 0. The first-order chi connectivity index (χ1) is 6.17. The van der Waals surface area contributed by atoms with Crippen LogP contribution in [0.2, 0.25) is 0 Å².